The predicted octanol–water partition coefficient (Wildman–Crippen LogP) is 3.21. The topological polar surface area (TPSA) is 44.8 Å². The highest BCUT2D eigenvalue weighted by Gasteiger charge is 2.65. The van der Waals surface area contributed by atoms with Gasteiger partial charge >= 0.3 is 5.97 Å². The summed E-state index contributed by atoms with van der Waals surface area (Å²) in [7, 11) is 2.97. The van der Waals surface area contributed by atoms with Crippen molar-refractivity contribution in [1.82, 2.24) is 0 Å². The Labute approximate surface area is 134 Å². The van der Waals surface area contributed by atoms with Crippen molar-refractivity contribution in [2.24, 2.45) is 5.92 Å². The number of fused-ring (bicyclic) bond motifs is 3. The summed E-state index contributed by atoms with van der Waals surface area (Å²) in [5.74, 6) is 0.941. The van der Waals surface area contributed by atoms with Crippen molar-refractivity contribution >= 4 is 37.8 Å². The monoisotopic (exact) mass is 404 g/mol. The maximum Gasteiger partial charge on any atom is 0.342 e. The van der Waals surface area contributed by atoms with Gasteiger partial charge in [-0.05, 0) is 5.56 Å². The highest BCUT2D eigenvalue weighted by Crippen LogP contribution is 2.70. The van der Waals surface area contributed by atoms with Crippen LogP contribution in [0.1, 0.15) is 27.4 Å². The van der Waals surface area contributed by atoms with E-state index in [1.54, 1.807) is 7.11 Å². The summed E-state index contributed by atoms with van der Waals surface area (Å²) in [5, 5.41) is 0. The highest BCUT2D eigenvalue weighted by molar-refractivity contribution is 9.25. The number of hydrogen-bond acceptors (Lipinski definition) is 4. The number of rotatable bonds is 3. The molecule has 1 aromatic rings. The lowest BCUT2D eigenvalue weighted by molar-refractivity contribution is 0.0589. The molecule has 2 unspecified atom stereocenters. The van der Waals surface area contributed by atoms with Crippen LogP contribution in [0.25, 0.3) is 0 Å². The molecule has 0 aromatic heterocycles. The molecular formula is C14H14Br2O4. The van der Waals surface area contributed by atoms with Crippen molar-refractivity contribution in [3.05, 3.63) is 28.8 Å². The van der Waals surface area contributed by atoms with Gasteiger partial charge in [-0.1, -0.05) is 44.0 Å². The number of hydrogen-bond donors (Lipinski definition) is 0. The zero-order chi connectivity index (χ0) is 14.5. The molecule has 1 heterocycles. The number of halogens is 2. The van der Waals surface area contributed by atoms with Crippen LogP contribution in [0.5, 0.6) is 5.75 Å². The third kappa shape index (κ3) is 2.00. The van der Waals surface area contributed by atoms with Crippen LogP contribution in [-0.4, -0.2) is 30.0 Å². The van der Waals surface area contributed by atoms with Crippen molar-refractivity contribution < 1.29 is 19.0 Å². The molecule has 0 radical (unpaired) electrons. The molecule has 2 aliphatic rings. The number of benzene rings is 1. The van der Waals surface area contributed by atoms with E-state index in [9.17, 15) is 4.79 Å². The standard InChI is InChI=1S/C14H14Br2O4/c1-18-5-7-3-4-8-11-9(14(11,15)16)6-20-12(8)10(7)13(17)19-2/h3-4,9,11H,5-6H2,1-2H3. The highest BCUT2D eigenvalue weighted by atomic mass is 79.9. The van der Waals surface area contributed by atoms with Gasteiger partial charge in [-0.2, -0.15) is 0 Å². The molecule has 2 atom stereocenters. The number of carbonyl (C=O) groups is 1. The predicted molar refractivity (Wildman–Crippen MR) is 80.8 cm³/mol. The van der Waals surface area contributed by atoms with Gasteiger partial charge in [0.05, 0.1) is 23.6 Å². The third-order valence-corrected chi connectivity index (χ3v) is 6.07. The number of carbonyl (C=O) groups excluding carboxylic acids is 1. The van der Waals surface area contributed by atoms with Crippen LogP contribution in [0.3, 0.4) is 0 Å². The molecule has 1 fully saturated rings. The van der Waals surface area contributed by atoms with E-state index in [1.807, 2.05) is 12.1 Å². The maximum absolute atomic E-state index is 12.1. The second kappa shape index (κ2) is 5.00. The second-order valence-corrected chi connectivity index (χ2v) is 8.70. The molecule has 0 spiro atoms. The molecule has 0 saturated heterocycles. The number of methoxy groups -OCH3 is 2. The molecule has 3 rings (SSSR count). The molecule has 1 aliphatic heterocycles. The van der Waals surface area contributed by atoms with Gasteiger partial charge in [-0.25, -0.2) is 4.79 Å². The number of alkyl halides is 2. The first kappa shape index (κ1) is 14.4. The van der Waals surface area contributed by atoms with Crippen molar-refractivity contribution in [3.8, 4) is 5.75 Å². The Hall–Kier alpha value is -0.590. The minimum absolute atomic E-state index is 0.124. The van der Waals surface area contributed by atoms with E-state index in [-0.39, 0.29) is 9.20 Å². The summed E-state index contributed by atoms with van der Waals surface area (Å²) in [6.07, 6.45) is 0. The molecule has 0 bridgehead atoms. The lowest BCUT2D eigenvalue weighted by Crippen LogP contribution is -2.16. The Balaban J connectivity index is 2.11. The Morgan fingerprint density at radius 2 is 2.20 bits per heavy atom. The van der Waals surface area contributed by atoms with Crippen molar-refractivity contribution in [2.75, 3.05) is 20.8 Å². The number of ether oxygens (including phenoxy) is 3. The van der Waals surface area contributed by atoms with Crippen LogP contribution < -0.4 is 4.74 Å². The summed E-state index contributed by atoms with van der Waals surface area (Å²) in [6, 6.07) is 3.92. The SMILES string of the molecule is COCc1ccc2c(c1C(=O)OC)OCC1C2C1(Br)Br. The van der Waals surface area contributed by atoms with E-state index in [2.05, 4.69) is 31.9 Å². The fraction of sp³-hybridized carbons (Fsp3) is 0.500. The van der Waals surface area contributed by atoms with Gasteiger partial charge in [0.15, 0.2) is 0 Å². The van der Waals surface area contributed by atoms with Gasteiger partial charge in [0.25, 0.3) is 0 Å². The van der Waals surface area contributed by atoms with Crippen LogP contribution in [0.4, 0.5) is 0 Å². The zero-order valence-electron chi connectivity index (χ0n) is 11.1. The third-order valence-electron chi connectivity index (χ3n) is 3.91. The van der Waals surface area contributed by atoms with Gasteiger partial charge in [0, 0.05) is 24.5 Å². The van der Waals surface area contributed by atoms with Crippen LogP contribution in [0.15, 0.2) is 12.1 Å². The van der Waals surface area contributed by atoms with Gasteiger partial charge in [-0.3, -0.25) is 0 Å². The minimum atomic E-state index is -0.386. The molecular weight excluding hydrogens is 392 g/mol. The van der Waals surface area contributed by atoms with E-state index in [4.69, 9.17) is 14.2 Å². The molecule has 20 heavy (non-hydrogen) atoms. The lowest BCUT2D eigenvalue weighted by Gasteiger charge is -2.20. The zero-order valence-corrected chi connectivity index (χ0v) is 14.3. The molecule has 1 saturated carbocycles. The average molecular weight is 406 g/mol. The normalized spacial score (nSPS) is 25.2. The first-order chi connectivity index (χ1) is 9.52. The summed E-state index contributed by atoms with van der Waals surface area (Å²) in [6.45, 7) is 0.928. The van der Waals surface area contributed by atoms with Gasteiger partial charge in [0.1, 0.15) is 11.3 Å². The molecule has 4 nitrogen and oxygen atoms in total. The molecule has 0 N–H and O–H groups in total. The largest absolute Gasteiger partial charge is 0.492 e. The van der Waals surface area contributed by atoms with Gasteiger partial charge in [0.2, 0.25) is 0 Å². The molecule has 1 aliphatic carbocycles. The minimum Gasteiger partial charge on any atom is -0.492 e. The molecule has 0 amide bonds. The van der Waals surface area contributed by atoms with Crippen LogP contribution in [0.2, 0.25) is 0 Å². The Kier molecular flexibility index (Phi) is 3.59. The van der Waals surface area contributed by atoms with Gasteiger partial charge < -0.3 is 14.2 Å². The fourth-order valence-electron chi connectivity index (χ4n) is 2.84. The first-order valence-corrected chi connectivity index (χ1v) is 7.84. The smallest absolute Gasteiger partial charge is 0.342 e. The Bertz CT molecular complexity index is 571. The van der Waals surface area contributed by atoms with Crippen LogP contribution in [0, 0.1) is 5.92 Å². The van der Waals surface area contributed by atoms with E-state index in [0.29, 0.717) is 36.4 Å². The van der Waals surface area contributed by atoms with Crippen molar-refractivity contribution in [2.45, 2.75) is 15.8 Å². The summed E-state index contributed by atoms with van der Waals surface area (Å²) in [4.78, 5) is 12.1. The fourth-order valence-corrected chi connectivity index (χ4v) is 4.50. The summed E-state index contributed by atoms with van der Waals surface area (Å²) >= 11 is 7.35. The van der Waals surface area contributed by atoms with E-state index in [0.717, 1.165) is 11.1 Å². The second-order valence-electron chi connectivity index (χ2n) is 5.01. The molecule has 1 aromatic carbocycles. The van der Waals surface area contributed by atoms with Gasteiger partial charge in [-0.15, -0.1) is 0 Å². The quantitative estimate of drug-likeness (QED) is 0.572. The van der Waals surface area contributed by atoms with E-state index in [1.165, 1.54) is 7.11 Å². The average Bonchev–Trinajstić information content (AvgIpc) is 3.00. The molecule has 108 valence electrons. The Morgan fingerprint density at radius 3 is 2.85 bits per heavy atom. The van der Waals surface area contributed by atoms with Crippen molar-refractivity contribution in [1.29, 1.82) is 0 Å². The summed E-state index contributed by atoms with van der Waals surface area (Å²) < 4.78 is 15.8. The van der Waals surface area contributed by atoms with Crippen LogP contribution in [-0.2, 0) is 16.1 Å². The molecule has 6 heteroatoms. The van der Waals surface area contributed by atoms with Crippen LogP contribution >= 0.6 is 31.9 Å². The van der Waals surface area contributed by atoms with E-state index < -0.39 is 0 Å². The van der Waals surface area contributed by atoms with Crippen molar-refractivity contribution in [3.63, 3.8) is 0 Å². The van der Waals surface area contributed by atoms with E-state index >= 15 is 0 Å². The summed E-state index contributed by atoms with van der Waals surface area (Å²) in [5.41, 5.74) is 2.30. The first-order valence-electron chi connectivity index (χ1n) is 6.26. The maximum atomic E-state index is 12.1. The lowest BCUT2D eigenvalue weighted by atomic mass is 9.97. The number of esters is 1. The Morgan fingerprint density at radius 1 is 1.45 bits per heavy atom.